The molecule has 3 nitrogen and oxygen atoms in total. The number of nitrogens with one attached hydrogen (secondary N) is 1. The third-order valence-electron chi connectivity index (χ3n) is 3.71. The van der Waals surface area contributed by atoms with Crippen molar-refractivity contribution in [3.05, 3.63) is 22.3 Å². The van der Waals surface area contributed by atoms with Crippen molar-refractivity contribution in [3.8, 4) is 0 Å². The quantitative estimate of drug-likeness (QED) is 0.898. The summed E-state index contributed by atoms with van der Waals surface area (Å²) in [6.45, 7) is 3.74. The molecule has 0 spiro atoms. The molecule has 0 radical (unpaired) electrons. The van der Waals surface area contributed by atoms with Gasteiger partial charge in [0.2, 0.25) is 0 Å². The average molecular weight is 298 g/mol. The predicted octanol–water partition coefficient (Wildman–Crippen LogP) is 3.08. The molecule has 4 heteroatoms. The van der Waals surface area contributed by atoms with Gasteiger partial charge in [-0.1, -0.05) is 12.8 Å². The lowest BCUT2D eigenvalue weighted by atomic mass is 9.86. The minimum Gasteiger partial charge on any atom is -0.369 e. The Kier molecular flexibility index (Phi) is 4.05. The Labute approximate surface area is 111 Å². The molecule has 0 atom stereocenters. The molecule has 0 saturated heterocycles. The van der Waals surface area contributed by atoms with E-state index in [0.717, 1.165) is 28.9 Å². The van der Waals surface area contributed by atoms with Gasteiger partial charge in [0, 0.05) is 12.7 Å². The number of rotatable bonds is 4. The third kappa shape index (κ3) is 2.99. The van der Waals surface area contributed by atoms with Gasteiger partial charge in [-0.3, -0.25) is 0 Å². The number of hydrogen-bond donors (Lipinski definition) is 2. The van der Waals surface area contributed by atoms with E-state index >= 15 is 0 Å². The summed E-state index contributed by atoms with van der Waals surface area (Å²) in [7, 11) is 0. The van der Waals surface area contributed by atoms with E-state index < -0.39 is 0 Å². The van der Waals surface area contributed by atoms with E-state index in [1.807, 2.05) is 13.1 Å². The van der Waals surface area contributed by atoms with Crippen molar-refractivity contribution < 1.29 is 0 Å². The fourth-order valence-corrected chi connectivity index (χ4v) is 3.12. The molecule has 0 bridgehead atoms. The van der Waals surface area contributed by atoms with E-state index in [2.05, 4.69) is 32.3 Å². The van der Waals surface area contributed by atoms with Gasteiger partial charge in [0.25, 0.3) is 0 Å². The molecule has 1 aromatic heterocycles. The Morgan fingerprint density at radius 3 is 2.76 bits per heavy atom. The molecular formula is C13H20BrN3. The molecule has 1 aromatic rings. The Morgan fingerprint density at radius 1 is 1.47 bits per heavy atom. The number of aryl methyl sites for hydroxylation is 1. The average Bonchev–Trinajstić information content (AvgIpc) is 2.77. The summed E-state index contributed by atoms with van der Waals surface area (Å²) >= 11 is 3.54. The van der Waals surface area contributed by atoms with Crippen LogP contribution in [0.4, 0.5) is 5.82 Å². The SMILES string of the molecule is Cc1cnc(NCC2(CN)CCCC2)c(Br)c1. The number of halogens is 1. The van der Waals surface area contributed by atoms with Crippen LogP contribution in [-0.4, -0.2) is 18.1 Å². The lowest BCUT2D eigenvalue weighted by Crippen LogP contribution is -2.34. The van der Waals surface area contributed by atoms with E-state index in [-0.39, 0.29) is 5.41 Å². The van der Waals surface area contributed by atoms with Gasteiger partial charge in [-0.2, -0.15) is 0 Å². The van der Waals surface area contributed by atoms with Gasteiger partial charge in [-0.25, -0.2) is 4.98 Å². The van der Waals surface area contributed by atoms with Crippen LogP contribution >= 0.6 is 15.9 Å². The maximum absolute atomic E-state index is 5.92. The molecule has 0 aliphatic heterocycles. The Balaban J connectivity index is 2.01. The van der Waals surface area contributed by atoms with Gasteiger partial charge in [0.15, 0.2) is 0 Å². The molecule has 94 valence electrons. The van der Waals surface area contributed by atoms with Gasteiger partial charge < -0.3 is 11.1 Å². The first-order valence-corrected chi connectivity index (χ1v) is 7.01. The molecule has 3 N–H and O–H groups in total. The second-order valence-corrected chi connectivity index (χ2v) is 5.96. The number of hydrogen-bond acceptors (Lipinski definition) is 3. The first kappa shape index (κ1) is 12.8. The molecule has 1 heterocycles. The number of anilines is 1. The summed E-state index contributed by atoms with van der Waals surface area (Å²) in [5, 5.41) is 3.44. The number of pyridine rings is 1. The first-order chi connectivity index (χ1) is 8.15. The topological polar surface area (TPSA) is 50.9 Å². The standard InChI is InChI=1S/C13H20BrN3/c1-10-6-11(14)12(16-7-10)17-9-13(8-15)4-2-3-5-13/h6-7H,2-5,8-9,15H2,1H3,(H,16,17). The third-order valence-corrected chi connectivity index (χ3v) is 4.31. The Morgan fingerprint density at radius 2 is 2.18 bits per heavy atom. The summed E-state index contributed by atoms with van der Waals surface area (Å²) in [6.07, 6.45) is 6.97. The molecule has 1 aliphatic rings. The zero-order valence-electron chi connectivity index (χ0n) is 10.3. The molecule has 0 aromatic carbocycles. The van der Waals surface area contributed by atoms with Gasteiger partial charge in [0.1, 0.15) is 5.82 Å². The smallest absolute Gasteiger partial charge is 0.140 e. The van der Waals surface area contributed by atoms with Crippen LogP contribution in [0.2, 0.25) is 0 Å². The zero-order valence-corrected chi connectivity index (χ0v) is 11.9. The first-order valence-electron chi connectivity index (χ1n) is 6.21. The summed E-state index contributed by atoms with van der Waals surface area (Å²) in [6, 6.07) is 2.08. The highest BCUT2D eigenvalue weighted by Gasteiger charge is 2.32. The van der Waals surface area contributed by atoms with Gasteiger partial charge in [-0.05, 0) is 59.3 Å². The van der Waals surface area contributed by atoms with Crippen molar-refractivity contribution >= 4 is 21.7 Å². The van der Waals surface area contributed by atoms with Crippen molar-refractivity contribution in [1.29, 1.82) is 0 Å². The molecule has 17 heavy (non-hydrogen) atoms. The summed E-state index contributed by atoms with van der Waals surface area (Å²) in [5.41, 5.74) is 7.37. The molecule has 1 aliphatic carbocycles. The van der Waals surface area contributed by atoms with Crippen molar-refractivity contribution in [2.24, 2.45) is 11.1 Å². The van der Waals surface area contributed by atoms with Crippen molar-refractivity contribution in [2.75, 3.05) is 18.4 Å². The molecule has 0 amide bonds. The van der Waals surface area contributed by atoms with Crippen LogP contribution < -0.4 is 11.1 Å². The number of nitrogens with two attached hydrogens (primary N) is 1. The van der Waals surface area contributed by atoms with Crippen molar-refractivity contribution in [1.82, 2.24) is 4.98 Å². The highest BCUT2D eigenvalue weighted by atomic mass is 79.9. The molecule has 1 fully saturated rings. The highest BCUT2D eigenvalue weighted by Crippen LogP contribution is 2.37. The van der Waals surface area contributed by atoms with E-state index in [9.17, 15) is 0 Å². The summed E-state index contributed by atoms with van der Waals surface area (Å²) < 4.78 is 1.03. The summed E-state index contributed by atoms with van der Waals surface area (Å²) in [5.74, 6) is 0.926. The van der Waals surface area contributed by atoms with Gasteiger partial charge >= 0.3 is 0 Å². The normalized spacial score (nSPS) is 18.3. The maximum Gasteiger partial charge on any atom is 0.140 e. The van der Waals surface area contributed by atoms with E-state index in [1.54, 1.807) is 0 Å². The van der Waals surface area contributed by atoms with Crippen LogP contribution in [0.5, 0.6) is 0 Å². The lowest BCUT2D eigenvalue weighted by molar-refractivity contribution is 0.332. The van der Waals surface area contributed by atoms with Crippen LogP contribution in [0, 0.1) is 12.3 Å². The minimum atomic E-state index is 0.284. The van der Waals surface area contributed by atoms with Crippen LogP contribution in [0.3, 0.4) is 0 Å². The number of nitrogens with zero attached hydrogens (tertiary/aromatic N) is 1. The fraction of sp³-hybridized carbons (Fsp3) is 0.615. The van der Waals surface area contributed by atoms with Crippen molar-refractivity contribution in [2.45, 2.75) is 32.6 Å². The van der Waals surface area contributed by atoms with Crippen LogP contribution in [0.15, 0.2) is 16.7 Å². The van der Waals surface area contributed by atoms with Crippen LogP contribution in [0.25, 0.3) is 0 Å². The molecule has 2 rings (SSSR count). The predicted molar refractivity (Wildman–Crippen MR) is 75.1 cm³/mol. The van der Waals surface area contributed by atoms with Crippen molar-refractivity contribution in [3.63, 3.8) is 0 Å². The van der Waals surface area contributed by atoms with Crippen LogP contribution in [-0.2, 0) is 0 Å². The Bertz CT molecular complexity index is 386. The molecule has 0 unspecified atom stereocenters. The van der Waals surface area contributed by atoms with Gasteiger partial charge in [-0.15, -0.1) is 0 Å². The largest absolute Gasteiger partial charge is 0.369 e. The summed E-state index contributed by atoms with van der Waals surface area (Å²) in [4.78, 5) is 4.41. The van der Waals surface area contributed by atoms with Gasteiger partial charge in [0.05, 0.1) is 4.47 Å². The van der Waals surface area contributed by atoms with E-state index in [1.165, 1.54) is 25.7 Å². The second kappa shape index (κ2) is 5.36. The monoisotopic (exact) mass is 297 g/mol. The van der Waals surface area contributed by atoms with Crippen LogP contribution in [0.1, 0.15) is 31.2 Å². The minimum absolute atomic E-state index is 0.284. The highest BCUT2D eigenvalue weighted by molar-refractivity contribution is 9.10. The zero-order chi connectivity index (χ0) is 12.3. The second-order valence-electron chi connectivity index (χ2n) is 5.11. The maximum atomic E-state index is 5.92. The fourth-order valence-electron chi connectivity index (χ4n) is 2.51. The van der Waals surface area contributed by atoms with E-state index in [0.29, 0.717) is 0 Å². The Hall–Kier alpha value is -0.610. The molecule has 1 saturated carbocycles. The molecular weight excluding hydrogens is 278 g/mol. The van der Waals surface area contributed by atoms with E-state index in [4.69, 9.17) is 5.73 Å². The lowest BCUT2D eigenvalue weighted by Gasteiger charge is -2.27. The number of aromatic nitrogens is 1.